The van der Waals surface area contributed by atoms with Crippen LogP contribution in [0.2, 0.25) is 0 Å². The Balaban J connectivity index is 2.09. The van der Waals surface area contributed by atoms with Gasteiger partial charge in [-0.15, -0.1) is 0 Å². The minimum absolute atomic E-state index is 0.0373. The largest absolute Gasteiger partial charge is 0.417 e. The molecule has 0 saturated heterocycles. The Morgan fingerprint density at radius 3 is 1.67 bits per heavy atom. The summed E-state index contributed by atoms with van der Waals surface area (Å²) in [4.78, 5) is 13.6. The number of hydrogen-bond donors (Lipinski definition) is 0. The fraction of sp³-hybridized carbons (Fsp3) is 0.0526. The molecule has 0 unspecified atom stereocenters. The lowest BCUT2D eigenvalue weighted by Crippen LogP contribution is -2.08. The number of fused-ring (bicyclic) bond motifs is 2. The smallest absolute Gasteiger partial charge is 0.238 e. The van der Waals surface area contributed by atoms with Crippen LogP contribution in [-0.4, -0.2) is 0 Å². The van der Waals surface area contributed by atoms with E-state index in [-0.39, 0.29) is 55.9 Å². The number of nitriles is 6. The van der Waals surface area contributed by atoms with Gasteiger partial charge in [0.15, 0.2) is 5.69 Å². The second kappa shape index (κ2) is 12.5. The molecular weight excluding hydrogens is 653 g/mol. The van der Waals surface area contributed by atoms with Crippen molar-refractivity contribution in [3.63, 3.8) is 0 Å². The molecule has 2 aliphatic carbocycles. The lowest BCUT2D eigenvalue weighted by molar-refractivity contribution is -0.137. The Hall–Kier alpha value is -8.69. The van der Waals surface area contributed by atoms with Gasteiger partial charge in [-0.1, -0.05) is 24.3 Å². The molecule has 3 aromatic carbocycles. The van der Waals surface area contributed by atoms with Gasteiger partial charge in [0.25, 0.3) is 11.4 Å². The first-order valence-corrected chi connectivity index (χ1v) is 13.9. The van der Waals surface area contributed by atoms with Crippen molar-refractivity contribution in [3.8, 4) is 36.4 Å². The molecule has 0 amide bonds. The Bertz CT molecular complexity index is 2760. The van der Waals surface area contributed by atoms with Crippen molar-refractivity contribution in [2.75, 3.05) is 0 Å². The normalized spacial score (nSPS) is 14.4. The van der Waals surface area contributed by atoms with Gasteiger partial charge in [0, 0.05) is 16.7 Å². The molecule has 0 saturated carbocycles. The van der Waals surface area contributed by atoms with Gasteiger partial charge in [-0.3, -0.25) is 0 Å². The van der Waals surface area contributed by atoms with Crippen LogP contribution >= 0.6 is 0 Å². The van der Waals surface area contributed by atoms with Crippen LogP contribution in [-0.2, 0) is 6.18 Å². The second-order valence-corrected chi connectivity index (χ2v) is 10.5. The molecular formula is C38H9F3N10. The van der Waals surface area contributed by atoms with E-state index in [1.165, 1.54) is 24.3 Å². The predicted molar refractivity (Wildman–Crippen MR) is 174 cm³/mol. The Kier molecular flexibility index (Phi) is 8.24. The van der Waals surface area contributed by atoms with Crippen molar-refractivity contribution >= 4 is 39.2 Å². The first kappa shape index (κ1) is 33.7. The maximum Gasteiger partial charge on any atom is 0.417 e. The van der Waals surface area contributed by atoms with Crippen molar-refractivity contribution in [3.05, 3.63) is 155 Å². The molecule has 51 heavy (non-hydrogen) atoms. The van der Waals surface area contributed by atoms with Gasteiger partial charge in [-0.25, -0.2) is 29.9 Å². The Labute approximate surface area is 287 Å². The lowest BCUT2D eigenvalue weighted by Gasteiger charge is -2.17. The van der Waals surface area contributed by atoms with Crippen LogP contribution in [0.15, 0.2) is 47.8 Å². The maximum absolute atomic E-state index is 14.1. The number of hydrogen-bond acceptors (Lipinski definition) is 6. The molecule has 0 spiro atoms. The van der Waals surface area contributed by atoms with Crippen LogP contribution in [0.5, 0.6) is 0 Å². The number of nitrogens with zero attached hydrogens (tertiary/aromatic N) is 10. The number of allylic oxidation sites excluding steroid dienone is 7. The number of alkyl halides is 3. The molecule has 232 valence electrons. The monoisotopic (exact) mass is 662 g/mol. The van der Waals surface area contributed by atoms with E-state index >= 15 is 0 Å². The van der Waals surface area contributed by atoms with Crippen LogP contribution in [0.4, 0.5) is 18.9 Å². The minimum atomic E-state index is -5.05. The third kappa shape index (κ3) is 4.80. The van der Waals surface area contributed by atoms with E-state index in [1.54, 1.807) is 19.1 Å². The highest BCUT2D eigenvalue weighted by Crippen LogP contribution is 2.58. The van der Waals surface area contributed by atoms with Gasteiger partial charge >= 0.3 is 6.18 Å². The summed E-state index contributed by atoms with van der Waals surface area (Å²) in [6.07, 6.45) is -5.05. The van der Waals surface area contributed by atoms with Crippen LogP contribution < -0.4 is 0 Å². The van der Waals surface area contributed by atoms with Gasteiger partial charge in [0.05, 0.1) is 78.4 Å². The molecule has 0 aromatic heterocycles. The zero-order chi connectivity index (χ0) is 37.4. The number of rotatable bonds is 2. The highest BCUT2D eigenvalue weighted by molar-refractivity contribution is 6.31. The number of aryl methyl sites for hydroxylation is 1. The van der Waals surface area contributed by atoms with E-state index in [0.29, 0.717) is 11.6 Å². The SMILES string of the molecule is [C-]#[N+]C1=C(c2ccc([N+]#[C-])c(C)c2)/C(=C(/C#N)[N+]#[C-])c2c(C#N)c3c(c(C#N)c21)/C(=C(/C#N)[N+]#[C-])C(c1ccc(C#N)c(C(F)(F)F)c1)=C3C#N. The Morgan fingerprint density at radius 1 is 0.647 bits per heavy atom. The van der Waals surface area contributed by atoms with E-state index in [9.17, 15) is 44.7 Å². The van der Waals surface area contributed by atoms with E-state index < -0.39 is 56.5 Å². The fourth-order valence-corrected chi connectivity index (χ4v) is 6.21. The molecule has 13 heteroatoms. The standard InChI is InChI=1S/C38H9F3N10/c1-18-10-19(8-9-26(18)48-2)30-36(28(17-47)50-4)33-23(14-44)31-22(13-43)29(20-6-7-21(12-42)25(11-20)38(39,40)41)35(27(16-46)49-3)32(31)24(15-45)34(33)37(30)51-5/h6-11H,1H3/b35-27-,36-28+. The topological polar surface area (TPSA) is 160 Å². The van der Waals surface area contributed by atoms with Crippen molar-refractivity contribution in [1.82, 2.24) is 0 Å². The number of benzene rings is 3. The molecule has 2 aliphatic rings. The molecule has 0 bridgehead atoms. The van der Waals surface area contributed by atoms with E-state index in [4.69, 9.17) is 26.3 Å². The highest BCUT2D eigenvalue weighted by Gasteiger charge is 2.44. The van der Waals surface area contributed by atoms with Crippen molar-refractivity contribution < 1.29 is 13.2 Å². The van der Waals surface area contributed by atoms with Crippen LogP contribution in [0.1, 0.15) is 61.2 Å². The molecule has 10 nitrogen and oxygen atoms in total. The van der Waals surface area contributed by atoms with Gasteiger partial charge in [0.1, 0.15) is 12.1 Å². The molecule has 0 N–H and O–H groups in total. The van der Waals surface area contributed by atoms with Crippen LogP contribution in [0.25, 0.3) is 52.9 Å². The molecule has 0 radical (unpaired) electrons. The summed E-state index contributed by atoms with van der Waals surface area (Å²) in [5, 5.41) is 61.6. The number of halogens is 3. The molecule has 0 aliphatic heterocycles. The molecule has 0 heterocycles. The first-order chi connectivity index (χ1) is 24.5. The zero-order valence-electron chi connectivity index (χ0n) is 25.6. The summed E-state index contributed by atoms with van der Waals surface area (Å²) in [6.45, 7) is 32.8. The van der Waals surface area contributed by atoms with Crippen molar-refractivity contribution in [2.45, 2.75) is 13.1 Å². The summed E-state index contributed by atoms with van der Waals surface area (Å²) < 4.78 is 42.3. The zero-order valence-corrected chi connectivity index (χ0v) is 25.6. The highest BCUT2D eigenvalue weighted by atomic mass is 19.4. The fourth-order valence-electron chi connectivity index (χ4n) is 6.21. The second-order valence-electron chi connectivity index (χ2n) is 10.5. The van der Waals surface area contributed by atoms with Gasteiger partial charge in [0.2, 0.25) is 5.70 Å². The first-order valence-electron chi connectivity index (χ1n) is 13.9. The summed E-state index contributed by atoms with van der Waals surface area (Å²) in [5.41, 5.74) is -7.04. The summed E-state index contributed by atoms with van der Waals surface area (Å²) in [6, 6.07) is 17.4. The average Bonchev–Trinajstić information content (AvgIpc) is 3.64. The van der Waals surface area contributed by atoms with Crippen LogP contribution in [0, 0.1) is 101 Å². The van der Waals surface area contributed by atoms with Crippen molar-refractivity contribution in [2.24, 2.45) is 0 Å². The third-order valence-electron chi connectivity index (χ3n) is 8.17. The summed E-state index contributed by atoms with van der Waals surface area (Å²) in [5.74, 6) is 0. The van der Waals surface area contributed by atoms with E-state index in [0.717, 1.165) is 12.1 Å². The van der Waals surface area contributed by atoms with E-state index in [2.05, 4.69) is 19.4 Å². The van der Waals surface area contributed by atoms with Gasteiger partial charge < -0.3 is 0 Å². The average molecular weight is 663 g/mol. The van der Waals surface area contributed by atoms with Gasteiger partial charge in [-0.2, -0.15) is 34.2 Å². The minimum Gasteiger partial charge on any atom is -0.238 e. The quantitative estimate of drug-likeness (QED) is 0.197. The molecule has 3 aromatic rings. The van der Waals surface area contributed by atoms with Gasteiger partial charge in [-0.05, 0) is 63.6 Å². The molecule has 5 rings (SSSR count). The van der Waals surface area contributed by atoms with Crippen LogP contribution in [0.3, 0.4) is 0 Å². The summed E-state index contributed by atoms with van der Waals surface area (Å²) in [7, 11) is 0. The lowest BCUT2D eigenvalue weighted by atomic mass is 9.83. The maximum atomic E-state index is 14.1. The summed E-state index contributed by atoms with van der Waals surface area (Å²) >= 11 is 0. The van der Waals surface area contributed by atoms with Crippen molar-refractivity contribution in [1.29, 1.82) is 31.6 Å². The Morgan fingerprint density at radius 2 is 1.20 bits per heavy atom. The molecule has 0 atom stereocenters. The third-order valence-corrected chi connectivity index (χ3v) is 8.17. The predicted octanol–water partition coefficient (Wildman–Crippen LogP) is 8.74. The van der Waals surface area contributed by atoms with E-state index in [1.807, 2.05) is 18.2 Å². The molecule has 0 fully saturated rings.